The summed E-state index contributed by atoms with van der Waals surface area (Å²) in [5.74, 6) is -0.602. The number of carbonyl (C=O) groups excluding carboxylic acids is 1. The van der Waals surface area contributed by atoms with Crippen LogP contribution in [-0.4, -0.2) is 40.7 Å². The smallest absolute Gasteiger partial charge is 0.340 e. The fourth-order valence-corrected chi connectivity index (χ4v) is 4.11. The van der Waals surface area contributed by atoms with E-state index in [1.54, 1.807) is 6.07 Å². The number of hydrogen-bond acceptors (Lipinski definition) is 6. The van der Waals surface area contributed by atoms with Crippen molar-refractivity contribution < 1.29 is 22.7 Å². The Hall–Kier alpha value is -2.94. The van der Waals surface area contributed by atoms with Crippen molar-refractivity contribution in [1.29, 1.82) is 0 Å². The summed E-state index contributed by atoms with van der Waals surface area (Å²) in [6.07, 6.45) is 0. The van der Waals surface area contributed by atoms with E-state index >= 15 is 0 Å². The molecule has 0 saturated carbocycles. The van der Waals surface area contributed by atoms with Crippen LogP contribution in [0.4, 0.5) is 5.69 Å². The van der Waals surface area contributed by atoms with Gasteiger partial charge in [-0.3, -0.25) is 0 Å². The Morgan fingerprint density at radius 3 is 2.53 bits per heavy atom. The first kappa shape index (κ1) is 20.3. The number of hydrogen-bond donors (Lipinski definition) is 1. The summed E-state index contributed by atoms with van der Waals surface area (Å²) in [4.78, 5) is 14.8. The number of morpholine rings is 1. The number of rotatable bonds is 5. The summed E-state index contributed by atoms with van der Waals surface area (Å²) < 4.78 is 34.6. The number of nitrogens with zero attached hydrogens (tertiary/aromatic N) is 1. The predicted molar refractivity (Wildman–Crippen MR) is 114 cm³/mol. The standard InChI is InChI=1S/C22H22N2O5S/c23-30(26,27)18-8-9-21(24-10-12-28-13-11-24)20(14-18)22(25)29-15-17-6-3-5-16-4-1-2-7-19(16)17/h1-9,14H,10-13,15H2,(H2,23,26,27). The molecular formula is C22H22N2O5S. The van der Waals surface area contributed by atoms with E-state index < -0.39 is 16.0 Å². The number of anilines is 1. The highest BCUT2D eigenvalue weighted by molar-refractivity contribution is 7.89. The number of sulfonamides is 1. The van der Waals surface area contributed by atoms with Gasteiger partial charge in [0, 0.05) is 13.1 Å². The lowest BCUT2D eigenvalue weighted by Gasteiger charge is -2.30. The van der Waals surface area contributed by atoms with Gasteiger partial charge in [-0.2, -0.15) is 0 Å². The lowest BCUT2D eigenvalue weighted by atomic mass is 10.1. The maximum Gasteiger partial charge on any atom is 0.340 e. The van der Waals surface area contributed by atoms with Gasteiger partial charge in [0.05, 0.1) is 29.4 Å². The first-order chi connectivity index (χ1) is 14.4. The maximum absolute atomic E-state index is 13.0. The third kappa shape index (κ3) is 4.30. The Morgan fingerprint density at radius 2 is 1.77 bits per heavy atom. The van der Waals surface area contributed by atoms with Gasteiger partial charge in [-0.25, -0.2) is 18.4 Å². The number of benzene rings is 3. The van der Waals surface area contributed by atoms with Gasteiger partial charge in [-0.1, -0.05) is 42.5 Å². The summed E-state index contributed by atoms with van der Waals surface area (Å²) in [5.41, 5.74) is 1.65. The van der Waals surface area contributed by atoms with Crippen molar-refractivity contribution in [3.8, 4) is 0 Å². The van der Waals surface area contributed by atoms with E-state index in [0.717, 1.165) is 16.3 Å². The molecule has 0 aromatic heterocycles. The van der Waals surface area contributed by atoms with Crippen molar-refractivity contribution in [2.45, 2.75) is 11.5 Å². The average molecular weight is 426 g/mol. The van der Waals surface area contributed by atoms with Gasteiger partial charge in [-0.15, -0.1) is 0 Å². The fraction of sp³-hybridized carbons (Fsp3) is 0.227. The van der Waals surface area contributed by atoms with Crippen LogP contribution in [0.5, 0.6) is 0 Å². The molecule has 0 spiro atoms. The Kier molecular flexibility index (Phi) is 5.72. The number of nitrogens with two attached hydrogens (primary N) is 1. The van der Waals surface area contributed by atoms with Gasteiger partial charge >= 0.3 is 5.97 Å². The van der Waals surface area contributed by atoms with Gasteiger partial charge < -0.3 is 14.4 Å². The normalized spacial score (nSPS) is 14.6. The molecule has 0 bridgehead atoms. The third-order valence-electron chi connectivity index (χ3n) is 5.11. The van der Waals surface area contributed by atoms with Crippen molar-refractivity contribution >= 4 is 32.5 Å². The summed E-state index contributed by atoms with van der Waals surface area (Å²) in [6.45, 7) is 2.32. The number of fused-ring (bicyclic) bond motifs is 1. The maximum atomic E-state index is 13.0. The second kappa shape index (κ2) is 8.43. The summed E-state index contributed by atoms with van der Waals surface area (Å²) in [5, 5.41) is 7.32. The molecule has 1 saturated heterocycles. The number of primary sulfonamides is 1. The Bertz CT molecular complexity index is 1180. The molecule has 1 heterocycles. The first-order valence-corrected chi connectivity index (χ1v) is 11.1. The van der Waals surface area contributed by atoms with Crippen LogP contribution in [0.25, 0.3) is 10.8 Å². The summed E-state index contributed by atoms with van der Waals surface area (Å²) >= 11 is 0. The largest absolute Gasteiger partial charge is 0.457 e. The molecule has 3 aromatic rings. The van der Waals surface area contributed by atoms with E-state index in [0.29, 0.717) is 32.0 Å². The highest BCUT2D eigenvalue weighted by atomic mass is 32.2. The van der Waals surface area contributed by atoms with Crippen molar-refractivity contribution in [2.75, 3.05) is 31.2 Å². The molecule has 0 aliphatic carbocycles. The quantitative estimate of drug-likeness (QED) is 0.630. The van der Waals surface area contributed by atoms with Gasteiger partial charge in [0.2, 0.25) is 10.0 Å². The van der Waals surface area contributed by atoms with Crippen molar-refractivity contribution in [3.05, 3.63) is 71.8 Å². The van der Waals surface area contributed by atoms with Crippen molar-refractivity contribution in [2.24, 2.45) is 5.14 Å². The summed E-state index contributed by atoms with van der Waals surface area (Å²) in [6, 6.07) is 17.9. The molecular weight excluding hydrogens is 404 g/mol. The topological polar surface area (TPSA) is 98.9 Å². The van der Waals surface area contributed by atoms with Crippen molar-refractivity contribution in [1.82, 2.24) is 0 Å². The molecule has 3 aromatic carbocycles. The van der Waals surface area contributed by atoms with Crippen LogP contribution >= 0.6 is 0 Å². The van der Waals surface area contributed by atoms with Crippen LogP contribution in [0.1, 0.15) is 15.9 Å². The number of esters is 1. The lowest BCUT2D eigenvalue weighted by molar-refractivity contribution is 0.0474. The van der Waals surface area contributed by atoms with Crippen LogP contribution in [0, 0.1) is 0 Å². The second-order valence-corrected chi connectivity index (χ2v) is 8.60. The van der Waals surface area contributed by atoms with Crippen LogP contribution in [-0.2, 0) is 26.1 Å². The molecule has 30 heavy (non-hydrogen) atoms. The monoisotopic (exact) mass is 426 g/mol. The molecule has 0 amide bonds. The second-order valence-electron chi connectivity index (χ2n) is 7.04. The number of carbonyl (C=O) groups is 1. The Labute approximate surface area is 175 Å². The highest BCUT2D eigenvalue weighted by Gasteiger charge is 2.23. The molecule has 0 atom stereocenters. The number of ether oxygens (including phenoxy) is 2. The van der Waals surface area contributed by atoms with E-state index in [1.807, 2.05) is 47.4 Å². The molecule has 0 unspecified atom stereocenters. The molecule has 156 valence electrons. The third-order valence-corrected chi connectivity index (χ3v) is 6.02. The van der Waals surface area contributed by atoms with Gasteiger partial charge in [-0.05, 0) is 34.5 Å². The van der Waals surface area contributed by atoms with Crippen LogP contribution < -0.4 is 10.0 Å². The molecule has 1 fully saturated rings. The van der Waals surface area contributed by atoms with E-state index in [4.69, 9.17) is 14.6 Å². The van der Waals surface area contributed by atoms with Crippen LogP contribution in [0.15, 0.2) is 65.6 Å². The van der Waals surface area contributed by atoms with E-state index in [-0.39, 0.29) is 17.1 Å². The Balaban J connectivity index is 1.64. The molecule has 7 nitrogen and oxygen atoms in total. The van der Waals surface area contributed by atoms with Crippen molar-refractivity contribution in [3.63, 3.8) is 0 Å². The molecule has 0 radical (unpaired) electrons. The van der Waals surface area contributed by atoms with E-state index in [9.17, 15) is 13.2 Å². The van der Waals surface area contributed by atoms with E-state index in [1.165, 1.54) is 12.1 Å². The average Bonchev–Trinajstić information content (AvgIpc) is 2.77. The minimum absolute atomic E-state index is 0.0718. The molecule has 4 rings (SSSR count). The fourth-order valence-electron chi connectivity index (χ4n) is 3.58. The van der Waals surface area contributed by atoms with Gasteiger partial charge in [0.25, 0.3) is 0 Å². The predicted octanol–water partition coefficient (Wildman–Crippen LogP) is 2.68. The molecule has 2 N–H and O–H groups in total. The molecule has 1 aliphatic rings. The van der Waals surface area contributed by atoms with Gasteiger partial charge in [0.15, 0.2) is 0 Å². The SMILES string of the molecule is NS(=O)(=O)c1ccc(N2CCOCC2)c(C(=O)OCc2cccc3ccccc23)c1. The zero-order chi connectivity index (χ0) is 21.1. The van der Waals surface area contributed by atoms with E-state index in [2.05, 4.69) is 0 Å². The zero-order valence-corrected chi connectivity index (χ0v) is 17.1. The van der Waals surface area contributed by atoms with Crippen LogP contribution in [0.3, 0.4) is 0 Å². The van der Waals surface area contributed by atoms with Crippen LogP contribution in [0.2, 0.25) is 0 Å². The lowest BCUT2D eigenvalue weighted by Crippen LogP contribution is -2.37. The Morgan fingerprint density at radius 1 is 1.03 bits per heavy atom. The minimum atomic E-state index is -3.95. The zero-order valence-electron chi connectivity index (χ0n) is 16.3. The highest BCUT2D eigenvalue weighted by Crippen LogP contribution is 2.26. The summed E-state index contributed by atoms with van der Waals surface area (Å²) in [7, 11) is -3.95. The first-order valence-electron chi connectivity index (χ1n) is 9.57. The van der Waals surface area contributed by atoms with Gasteiger partial charge in [0.1, 0.15) is 6.61 Å². The molecule has 8 heteroatoms. The molecule has 1 aliphatic heterocycles. The minimum Gasteiger partial charge on any atom is -0.457 e.